The molecule has 0 aliphatic rings. The molecule has 0 unspecified atom stereocenters. The van der Waals surface area contributed by atoms with Gasteiger partial charge in [-0.15, -0.1) is 0 Å². The third kappa shape index (κ3) is 5.46. The maximum atomic E-state index is 12.5. The molecule has 0 aliphatic carbocycles. The predicted octanol–water partition coefficient (Wildman–Crippen LogP) is 5.42. The highest BCUT2D eigenvalue weighted by Gasteiger charge is 2.19. The Bertz CT molecular complexity index is 709. The van der Waals surface area contributed by atoms with Crippen LogP contribution in [0.25, 0.3) is 11.1 Å². The first-order valence-corrected chi connectivity index (χ1v) is 10.1. The maximum absolute atomic E-state index is 12.5. The van der Waals surface area contributed by atoms with E-state index >= 15 is 0 Å². The van der Waals surface area contributed by atoms with Crippen molar-refractivity contribution in [1.29, 1.82) is 0 Å². The number of unbranched alkanes of at least 4 members (excludes halogenated alkanes) is 5. The molecule has 24 heavy (non-hydrogen) atoms. The lowest BCUT2D eigenvalue weighted by molar-refractivity contribution is 0.306. The van der Waals surface area contributed by atoms with Crippen LogP contribution >= 0.6 is 0 Å². The van der Waals surface area contributed by atoms with Crippen molar-refractivity contribution < 1.29 is 12.6 Å². The van der Waals surface area contributed by atoms with Crippen LogP contribution in [0.2, 0.25) is 0 Å². The number of rotatable bonds is 10. The van der Waals surface area contributed by atoms with Gasteiger partial charge >= 0.3 is 0 Å². The molecule has 0 aromatic heterocycles. The van der Waals surface area contributed by atoms with Crippen molar-refractivity contribution in [3.63, 3.8) is 0 Å². The van der Waals surface area contributed by atoms with E-state index in [1.165, 1.54) is 19.3 Å². The van der Waals surface area contributed by atoms with Crippen LogP contribution in [0.3, 0.4) is 0 Å². The van der Waals surface area contributed by atoms with Crippen molar-refractivity contribution in [1.82, 2.24) is 0 Å². The van der Waals surface area contributed by atoms with Gasteiger partial charge in [0.15, 0.2) is 0 Å². The highest BCUT2D eigenvalue weighted by Crippen LogP contribution is 2.28. The molecular formula is C20H26O3S. The Labute approximate surface area is 145 Å². The SMILES string of the molecule is CCCCCCCCOS(=O)(=O)c1ccccc1-c1ccccc1. The predicted molar refractivity (Wildman–Crippen MR) is 98.4 cm³/mol. The van der Waals surface area contributed by atoms with Gasteiger partial charge in [-0.2, -0.15) is 8.42 Å². The van der Waals surface area contributed by atoms with Crippen molar-refractivity contribution in [2.75, 3.05) is 6.61 Å². The quantitative estimate of drug-likeness (QED) is 0.426. The Morgan fingerprint density at radius 2 is 1.42 bits per heavy atom. The Balaban J connectivity index is 2.00. The summed E-state index contributed by atoms with van der Waals surface area (Å²) in [7, 11) is -3.74. The van der Waals surface area contributed by atoms with Crippen LogP contribution in [-0.4, -0.2) is 15.0 Å². The summed E-state index contributed by atoms with van der Waals surface area (Å²) in [6.07, 6.45) is 6.58. The maximum Gasteiger partial charge on any atom is 0.297 e. The van der Waals surface area contributed by atoms with E-state index in [9.17, 15) is 8.42 Å². The first-order chi connectivity index (χ1) is 11.6. The van der Waals surface area contributed by atoms with Crippen molar-refractivity contribution in [3.05, 3.63) is 54.6 Å². The van der Waals surface area contributed by atoms with Crippen molar-refractivity contribution in [2.45, 2.75) is 50.3 Å². The van der Waals surface area contributed by atoms with Gasteiger partial charge in [0.2, 0.25) is 0 Å². The summed E-state index contributed by atoms with van der Waals surface area (Å²) in [4.78, 5) is 0.238. The van der Waals surface area contributed by atoms with E-state index in [0.29, 0.717) is 5.56 Å². The monoisotopic (exact) mass is 346 g/mol. The molecule has 0 bridgehead atoms. The molecule has 0 radical (unpaired) electrons. The van der Waals surface area contributed by atoms with Crippen molar-refractivity contribution in [3.8, 4) is 11.1 Å². The zero-order valence-electron chi connectivity index (χ0n) is 14.3. The molecular weight excluding hydrogens is 320 g/mol. The lowest BCUT2D eigenvalue weighted by atomic mass is 10.1. The third-order valence-electron chi connectivity index (χ3n) is 3.98. The summed E-state index contributed by atoms with van der Waals surface area (Å²) in [5, 5.41) is 0. The Hall–Kier alpha value is -1.65. The second-order valence-corrected chi connectivity index (χ2v) is 7.49. The second-order valence-electron chi connectivity index (χ2n) is 5.91. The molecule has 0 heterocycles. The minimum Gasteiger partial charge on any atom is -0.266 e. The van der Waals surface area contributed by atoms with Crippen LogP contribution in [0.4, 0.5) is 0 Å². The molecule has 0 aliphatic heterocycles. The normalized spacial score (nSPS) is 11.5. The van der Waals surface area contributed by atoms with Gasteiger partial charge < -0.3 is 0 Å². The fourth-order valence-electron chi connectivity index (χ4n) is 2.66. The minimum absolute atomic E-state index is 0.238. The molecule has 2 rings (SSSR count). The summed E-state index contributed by atoms with van der Waals surface area (Å²) in [6, 6.07) is 16.5. The molecule has 130 valence electrons. The Kier molecular flexibility index (Phi) is 7.47. The molecule has 0 spiro atoms. The summed E-state index contributed by atoms with van der Waals surface area (Å²) in [5.74, 6) is 0. The van der Waals surface area contributed by atoms with E-state index < -0.39 is 10.1 Å². The van der Waals surface area contributed by atoms with Gasteiger partial charge in [0.1, 0.15) is 4.90 Å². The summed E-state index contributed by atoms with van der Waals surface area (Å²) in [6.45, 7) is 2.43. The fourth-order valence-corrected chi connectivity index (χ4v) is 3.82. The van der Waals surface area contributed by atoms with Gasteiger partial charge in [-0.3, -0.25) is 4.18 Å². The molecule has 0 saturated carbocycles. The van der Waals surface area contributed by atoms with E-state index in [4.69, 9.17) is 4.18 Å². The second kappa shape index (κ2) is 9.60. The van der Waals surface area contributed by atoms with Gasteiger partial charge in [0.05, 0.1) is 6.61 Å². The molecule has 0 amide bonds. The third-order valence-corrected chi connectivity index (χ3v) is 5.35. The van der Waals surface area contributed by atoms with E-state index in [2.05, 4.69) is 6.92 Å². The topological polar surface area (TPSA) is 43.4 Å². The van der Waals surface area contributed by atoms with Crippen LogP contribution in [0.15, 0.2) is 59.5 Å². The standard InChI is InChI=1S/C20H26O3S/c1-2-3-4-5-6-12-17-23-24(21,22)20-16-11-10-15-19(20)18-13-8-7-9-14-18/h7-11,13-16H,2-6,12,17H2,1H3. The van der Waals surface area contributed by atoms with Crippen molar-refractivity contribution >= 4 is 10.1 Å². The van der Waals surface area contributed by atoms with Crippen molar-refractivity contribution in [2.24, 2.45) is 0 Å². The van der Waals surface area contributed by atoms with Gasteiger partial charge in [0, 0.05) is 5.56 Å². The molecule has 4 heteroatoms. The number of hydrogen-bond acceptors (Lipinski definition) is 3. The largest absolute Gasteiger partial charge is 0.297 e. The molecule has 3 nitrogen and oxygen atoms in total. The van der Waals surface area contributed by atoms with E-state index in [0.717, 1.165) is 24.8 Å². The first kappa shape index (κ1) is 18.7. The molecule has 0 N–H and O–H groups in total. The van der Waals surface area contributed by atoms with Crippen LogP contribution in [0.1, 0.15) is 45.4 Å². The lowest BCUT2D eigenvalue weighted by Crippen LogP contribution is -2.09. The molecule has 0 atom stereocenters. The number of benzene rings is 2. The Morgan fingerprint density at radius 3 is 2.17 bits per heavy atom. The highest BCUT2D eigenvalue weighted by atomic mass is 32.2. The van der Waals surface area contributed by atoms with Crippen LogP contribution in [0, 0.1) is 0 Å². The Morgan fingerprint density at radius 1 is 0.792 bits per heavy atom. The summed E-state index contributed by atoms with van der Waals surface area (Å²) >= 11 is 0. The molecule has 0 fully saturated rings. The summed E-state index contributed by atoms with van der Waals surface area (Å²) in [5.41, 5.74) is 1.56. The van der Waals surface area contributed by atoms with Gasteiger partial charge in [-0.1, -0.05) is 87.6 Å². The average molecular weight is 346 g/mol. The minimum atomic E-state index is -3.74. The van der Waals surface area contributed by atoms with Gasteiger partial charge in [-0.05, 0) is 18.1 Å². The molecule has 2 aromatic carbocycles. The van der Waals surface area contributed by atoms with Crippen LogP contribution in [-0.2, 0) is 14.3 Å². The van der Waals surface area contributed by atoms with Gasteiger partial charge in [-0.25, -0.2) is 0 Å². The molecule has 0 saturated heterocycles. The van der Waals surface area contributed by atoms with Crippen LogP contribution < -0.4 is 0 Å². The zero-order valence-corrected chi connectivity index (χ0v) is 15.1. The van der Waals surface area contributed by atoms with Gasteiger partial charge in [0.25, 0.3) is 10.1 Å². The highest BCUT2D eigenvalue weighted by molar-refractivity contribution is 7.87. The van der Waals surface area contributed by atoms with E-state index in [1.54, 1.807) is 12.1 Å². The number of hydrogen-bond donors (Lipinski definition) is 0. The lowest BCUT2D eigenvalue weighted by Gasteiger charge is -2.11. The summed E-state index contributed by atoms with van der Waals surface area (Å²) < 4.78 is 30.3. The first-order valence-electron chi connectivity index (χ1n) is 8.69. The van der Waals surface area contributed by atoms with E-state index in [-0.39, 0.29) is 11.5 Å². The van der Waals surface area contributed by atoms with Crippen LogP contribution in [0.5, 0.6) is 0 Å². The smallest absolute Gasteiger partial charge is 0.266 e. The van der Waals surface area contributed by atoms with E-state index in [1.807, 2.05) is 42.5 Å². The average Bonchev–Trinajstić information content (AvgIpc) is 2.62. The zero-order chi connectivity index (χ0) is 17.3. The fraction of sp³-hybridized carbons (Fsp3) is 0.400. The molecule has 2 aromatic rings.